The Morgan fingerprint density at radius 1 is 1.32 bits per heavy atom. The number of anilines is 1. The molecule has 0 bridgehead atoms. The second kappa shape index (κ2) is 7.73. The van der Waals surface area contributed by atoms with Crippen LogP contribution >= 0.6 is 30.2 Å². The highest BCUT2D eigenvalue weighted by Crippen LogP contribution is 2.39. The van der Waals surface area contributed by atoms with Crippen molar-refractivity contribution in [2.75, 3.05) is 31.3 Å². The highest BCUT2D eigenvalue weighted by molar-refractivity contribution is 14.1. The zero-order valence-corrected chi connectivity index (χ0v) is 17.0. The van der Waals surface area contributed by atoms with E-state index in [9.17, 15) is 4.57 Å². The van der Waals surface area contributed by atoms with Crippen LogP contribution in [0.2, 0.25) is 0 Å². The summed E-state index contributed by atoms with van der Waals surface area (Å²) in [7, 11) is -2.26. The maximum Gasteiger partial charge on any atom is 0.325 e. The van der Waals surface area contributed by atoms with E-state index in [2.05, 4.69) is 37.5 Å². The molecule has 2 aromatic rings. The van der Waals surface area contributed by atoms with Crippen LogP contribution in [0.4, 0.5) is 5.82 Å². The predicted octanol–water partition coefficient (Wildman–Crippen LogP) is 3.03. The van der Waals surface area contributed by atoms with Crippen molar-refractivity contribution in [3.05, 3.63) is 22.0 Å². The Morgan fingerprint density at radius 2 is 2.04 bits per heavy atom. The number of hydrogen-bond acceptors (Lipinski definition) is 5. The molecule has 0 amide bonds. The number of methoxy groups -OCH3 is 1. The highest BCUT2D eigenvalue weighted by atomic mass is 127. The van der Waals surface area contributed by atoms with Crippen LogP contribution < -0.4 is 9.64 Å². The summed E-state index contributed by atoms with van der Waals surface area (Å²) >= 11 is 2.23. The summed E-state index contributed by atoms with van der Waals surface area (Å²) in [4.78, 5) is 29.2. The topological polar surface area (TPSA) is 95.8 Å². The summed E-state index contributed by atoms with van der Waals surface area (Å²) in [6.45, 7) is 1.65. The molecule has 25 heavy (non-hydrogen) atoms. The summed E-state index contributed by atoms with van der Waals surface area (Å²) in [6, 6.07) is 4.02. The number of benzene rings is 1. The van der Waals surface area contributed by atoms with E-state index in [1.165, 1.54) is 0 Å². The molecule has 1 aliphatic rings. The molecule has 0 unspecified atom stereocenters. The van der Waals surface area contributed by atoms with Crippen molar-refractivity contribution in [2.45, 2.75) is 19.3 Å². The lowest BCUT2D eigenvalue weighted by molar-refractivity contribution is 0.350. The fourth-order valence-electron chi connectivity index (χ4n) is 3.30. The van der Waals surface area contributed by atoms with Gasteiger partial charge in [-0.25, -0.2) is 9.97 Å². The Labute approximate surface area is 160 Å². The maximum atomic E-state index is 11.0. The molecule has 2 N–H and O–H groups in total. The second-order valence-corrected chi connectivity index (χ2v) is 9.22. The van der Waals surface area contributed by atoms with E-state index in [1.54, 1.807) is 13.4 Å². The molecule has 1 aliphatic heterocycles. The first-order valence-corrected chi connectivity index (χ1v) is 11.0. The minimum Gasteiger partial charge on any atom is -0.493 e. The van der Waals surface area contributed by atoms with Crippen molar-refractivity contribution >= 4 is 46.9 Å². The van der Waals surface area contributed by atoms with Crippen LogP contribution in [0.3, 0.4) is 0 Å². The quantitative estimate of drug-likeness (QED) is 0.505. The van der Waals surface area contributed by atoms with Gasteiger partial charge in [-0.2, -0.15) is 0 Å². The van der Waals surface area contributed by atoms with Gasteiger partial charge in [-0.1, -0.05) is 0 Å². The Hall–Kier alpha value is -0.960. The SMILES string of the molecule is COc1c(I)ccc2c(N3CCC(CCP(=O)(O)O)CC3)ncnc12. The second-order valence-electron chi connectivity index (χ2n) is 6.28. The molecule has 0 spiro atoms. The molecule has 0 saturated carbocycles. The minimum absolute atomic E-state index is 0.0241. The van der Waals surface area contributed by atoms with E-state index in [4.69, 9.17) is 14.5 Å². The van der Waals surface area contributed by atoms with Gasteiger partial charge >= 0.3 is 7.60 Å². The minimum atomic E-state index is -3.90. The van der Waals surface area contributed by atoms with Crippen LogP contribution in [0.1, 0.15) is 19.3 Å². The van der Waals surface area contributed by atoms with Crippen molar-refractivity contribution < 1.29 is 19.1 Å². The van der Waals surface area contributed by atoms with Gasteiger partial charge < -0.3 is 19.4 Å². The number of rotatable bonds is 5. The van der Waals surface area contributed by atoms with Crippen LogP contribution in [-0.2, 0) is 4.57 Å². The molecule has 1 fully saturated rings. The van der Waals surface area contributed by atoms with Gasteiger partial charge in [0.15, 0.2) is 5.75 Å². The van der Waals surface area contributed by atoms with E-state index in [0.29, 0.717) is 12.3 Å². The first-order chi connectivity index (χ1) is 11.9. The van der Waals surface area contributed by atoms with Gasteiger partial charge in [-0.3, -0.25) is 4.57 Å². The normalized spacial score (nSPS) is 16.4. The van der Waals surface area contributed by atoms with Crippen molar-refractivity contribution in [1.29, 1.82) is 0 Å². The van der Waals surface area contributed by atoms with Crippen molar-refractivity contribution in [3.63, 3.8) is 0 Å². The zero-order chi connectivity index (χ0) is 18.0. The van der Waals surface area contributed by atoms with Crippen molar-refractivity contribution in [2.24, 2.45) is 5.92 Å². The van der Waals surface area contributed by atoms with Crippen LogP contribution in [0.25, 0.3) is 10.9 Å². The summed E-state index contributed by atoms with van der Waals surface area (Å²) < 4.78 is 17.5. The lowest BCUT2D eigenvalue weighted by Gasteiger charge is -2.33. The third-order valence-corrected chi connectivity index (χ3v) is 6.33. The number of piperidine rings is 1. The fourth-order valence-corrected chi connectivity index (χ4v) is 4.65. The number of ether oxygens (including phenoxy) is 1. The molecule has 1 aromatic heterocycles. The van der Waals surface area contributed by atoms with Gasteiger partial charge in [0.2, 0.25) is 0 Å². The molecule has 2 heterocycles. The fraction of sp³-hybridized carbons (Fsp3) is 0.500. The first-order valence-electron chi connectivity index (χ1n) is 8.16. The number of hydrogen-bond donors (Lipinski definition) is 2. The standard InChI is InChI=1S/C16H21IN3O4P/c1-24-15-13(17)3-2-12-14(15)18-10-19-16(12)20-7-4-11(5-8-20)6-9-25(21,22)23/h2-3,10-11H,4-9H2,1H3,(H2,21,22,23). The largest absolute Gasteiger partial charge is 0.493 e. The number of fused-ring (bicyclic) bond motifs is 1. The van der Waals surface area contributed by atoms with Gasteiger partial charge in [0.1, 0.15) is 17.7 Å². The van der Waals surface area contributed by atoms with Crippen LogP contribution in [-0.4, -0.2) is 46.1 Å². The lowest BCUT2D eigenvalue weighted by Crippen LogP contribution is -2.34. The van der Waals surface area contributed by atoms with Gasteiger partial charge in [-0.15, -0.1) is 0 Å². The summed E-state index contributed by atoms with van der Waals surface area (Å²) in [6.07, 6.45) is 3.94. The zero-order valence-electron chi connectivity index (χ0n) is 13.9. The average molecular weight is 477 g/mol. The molecule has 0 radical (unpaired) electrons. The van der Waals surface area contributed by atoms with E-state index in [1.807, 2.05) is 12.1 Å². The van der Waals surface area contributed by atoms with Crippen molar-refractivity contribution in [3.8, 4) is 5.75 Å². The molecule has 0 atom stereocenters. The summed E-state index contributed by atoms with van der Waals surface area (Å²) in [5.74, 6) is 2.01. The summed E-state index contributed by atoms with van der Waals surface area (Å²) in [5.41, 5.74) is 0.808. The van der Waals surface area contributed by atoms with Gasteiger partial charge in [0.05, 0.1) is 16.8 Å². The Bertz CT molecular complexity index is 805. The average Bonchev–Trinajstić information content (AvgIpc) is 2.59. The van der Waals surface area contributed by atoms with Gasteiger partial charge in [0.25, 0.3) is 0 Å². The van der Waals surface area contributed by atoms with E-state index < -0.39 is 7.60 Å². The smallest absolute Gasteiger partial charge is 0.325 e. The Kier molecular flexibility index (Phi) is 5.82. The summed E-state index contributed by atoms with van der Waals surface area (Å²) in [5, 5.41) is 0.966. The number of aromatic nitrogens is 2. The monoisotopic (exact) mass is 477 g/mol. The lowest BCUT2D eigenvalue weighted by atomic mass is 9.94. The third kappa shape index (κ3) is 4.42. The molecular formula is C16H21IN3O4P. The maximum absolute atomic E-state index is 11.0. The molecular weight excluding hydrogens is 456 g/mol. The van der Waals surface area contributed by atoms with E-state index >= 15 is 0 Å². The van der Waals surface area contributed by atoms with E-state index in [0.717, 1.165) is 52.0 Å². The molecule has 3 rings (SSSR count). The van der Waals surface area contributed by atoms with Crippen LogP contribution in [0, 0.1) is 9.49 Å². The molecule has 0 aliphatic carbocycles. The number of halogens is 1. The van der Waals surface area contributed by atoms with Crippen molar-refractivity contribution in [1.82, 2.24) is 9.97 Å². The molecule has 136 valence electrons. The first kappa shape index (κ1) is 18.8. The third-order valence-electron chi connectivity index (χ3n) is 4.64. The van der Waals surface area contributed by atoms with E-state index in [-0.39, 0.29) is 6.16 Å². The predicted molar refractivity (Wildman–Crippen MR) is 105 cm³/mol. The molecule has 1 saturated heterocycles. The Morgan fingerprint density at radius 3 is 2.68 bits per heavy atom. The van der Waals surface area contributed by atoms with Gasteiger partial charge in [0, 0.05) is 18.5 Å². The van der Waals surface area contributed by atoms with Crippen LogP contribution in [0.15, 0.2) is 18.5 Å². The number of nitrogens with zero attached hydrogens (tertiary/aromatic N) is 3. The molecule has 7 nitrogen and oxygen atoms in total. The molecule has 1 aromatic carbocycles. The van der Waals surface area contributed by atoms with Gasteiger partial charge in [-0.05, 0) is 59.9 Å². The Balaban J connectivity index is 1.77. The highest BCUT2D eigenvalue weighted by Gasteiger charge is 2.24. The van der Waals surface area contributed by atoms with Crippen LogP contribution in [0.5, 0.6) is 5.75 Å². The molecule has 9 heteroatoms.